The van der Waals surface area contributed by atoms with Crippen molar-refractivity contribution in [1.82, 2.24) is 0 Å². The quantitative estimate of drug-likeness (QED) is 0.282. The average molecular weight is 229 g/mol. The van der Waals surface area contributed by atoms with Crippen LogP contribution in [-0.2, 0) is 15.8 Å². The molecule has 0 saturated carbocycles. The molecule has 7 heteroatoms. The van der Waals surface area contributed by atoms with Gasteiger partial charge in [0, 0.05) is 5.56 Å². The lowest BCUT2D eigenvalue weighted by atomic mass is 10.1. The summed E-state index contributed by atoms with van der Waals surface area (Å²) < 4.78 is 21.5. The summed E-state index contributed by atoms with van der Waals surface area (Å²) in [5, 5.41) is 16.1. The second-order valence-corrected chi connectivity index (χ2v) is 4.60. The van der Waals surface area contributed by atoms with Crippen LogP contribution in [0, 0.1) is 0 Å². The number of hydrogen-bond acceptors (Lipinski definition) is 4. The second-order valence-electron chi connectivity index (χ2n) is 2.99. The van der Waals surface area contributed by atoms with E-state index in [1.165, 1.54) is 0 Å². The molecule has 0 atom stereocenters. The van der Waals surface area contributed by atoms with E-state index in [4.69, 9.17) is 16.1 Å². The maximum atomic E-state index is 10.8. The fourth-order valence-electron chi connectivity index (χ4n) is 1.06. The van der Waals surface area contributed by atoms with Gasteiger partial charge in [0.25, 0.3) is 0 Å². The molecule has 0 aliphatic heterocycles. The van der Waals surface area contributed by atoms with Gasteiger partial charge in [0.05, 0.1) is 5.75 Å². The van der Waals surface area contributed by atoms with E-state index in [9.17, 15) is 8.42 Å². The van der Waals surface area contributed by atoms with Crippen LogP contribution < -0.4 is 10.9 Å². The summed E-state index contributed by atoms with van der Waals surface area (Å²) in [5.74, 6) is -0.263. The molecule has 1 aromatic carbocycles. The molecule has 0 aliphatic carbocycles. The summed E-state index contributed by atoms with van der Waals surface area (Å²) in [6.07, 6.45) is 0. The SMILES string of the molecule is NC(=NO)c1ccc(CS(N)(=O)=O)cc1. The Bertz CT molecular complexity index is 464. The van der Waals surface area contributed by atoms with Crippen LogP contribution in [0.2, 0.25) is 0 Å². The van der Waals surface area contributed by atoms with Crippen molar-refractivity contribution < 1.29 is 13.6 Å². The van der Waals surface area contributed by atoms with E-state index >= 15 is 0 Å². The van der Waals surface area contributed by atoms with E-state index in [0.717, 1.165) is 0 Å². The highest BCUT2D eigenvalue weighted by Gasteiger charge is 2.05. The lowest BCUT2D eigenvalue weighted by Gasteiger charge is -2.01. The molecule has 1 rings (SSSR count). The Morgan fingerprint density at radius 2 is 1.87 bits per heavy atom. The monoisotopic (exact) mass is 229 g/mol. The number of hydrogen-bond donors (Lipinski definition) is 3. The summed E-state index contributed by atoms with van der Waals surface area (Å²) in [6, 6.07) is 6.21. The molecule has 1 aromatic rings. The lowest BCUT2D eigenvalue weighted by Crippen LogP contribution is -2.15. The van der Waals surface area contributed by atoms with E-state index in [-0.39, 0.29) is 11.6 Å². The summed E-state index contributed by atoms with van der Waals surface area (Å²) in [6.45, 7) is 0. The zero-order chi connectivity index (χ0) is 11.5. The van der Waals surface area contributed by atoms with Gasteiger partial charge in [0.1, 0.15) is 0 Å². The first kappa shape index (κ1) is 11.5. The first-order chi connectivity index (χ1) is 6.92. The van der Waals surface area contributed by atoms with Gasteiger partial charge in [-0.3, -0.25) is 0 Å². The molecule has 0 aromatic heterocycles. The normalized spacial score (nSPS) is 12.7. The van der Waals surface area contributed by atoms with Gasteiger partial charge in [0.15, 0.2) is 5.84 Å². The van der Waals surface area contributed by atoms with Crippen molar-refractivity contribution in [3.8, 4) is 0 Å². The van der Waals surface area contributed by atoms with Crippen LogP contribution in [0.3, 0.4) is 0 Å². The first-order valence-electron chi connectivity index (χ1n) is 3.99. The van der Waals surface area contributed by atoms with Crippen LogP contribution in [-0.4, -0.2) is 19.5 Å². The zero-order valence-electron chi connectivity index (χ0n) is 7.79. The molecule has 6 nitrogen and oxygen atoms in total. The van der Waals surface area contributed by atoms with Gasteiger partial charge in [-0.15, -0.1) is 0 Å². The molecule has 0 unspecified atom stereocenters. The van der Waals surface area contributed by atoms with Crippen LogP contribution >= 0.6 is 0 Å². The maximum Gasteiger partial charge on any atom is 0.213 e. The zero-order valence-corrected chi connectivity index (χ0v) is 8.61. The van der Waals surface area contributed by atoms with E-state index in [2.05, 4.69) is 5.16 Å². The summed E-state index contributed by atoms with van der Waals surface area (Å²) in [5.41, 5.74) is 6.39. The predicted octanol–water partition coefficient (Wildman–Crippen LogP) is -0.430. The van der Waals surface area contributed by atoms with Crippen molar-refractivity contribution in [3.63, 3.8) is 0 Å². The van der Waals surface area contributed by atoms with Gasteiger partial charge in [0.2, 0.25) is 10.0 Å². The highest BCUT2D eigenvalue weighted by molar-refractivity contribution is 7.88. The predicted molar refractivity (Wildman–Crippen MR) is 55.8 cm³/mol. The molecule has 0 radical (unpaired) electrons. The van der Waals surface area contributed by atoms with Crippen LogP contribution in [0.25, 0.3) is 0 Å². The molecule has 82 valence electrons. The molecule has 0 aliphatic rings. The van der Waals surface area contributed by atoms with Crippen molar-refractivity contribution in [2.45, 2.75) is 5.75 Å². The van der Waals surface area contributed by atoms with Gasteiger partial charge < -0.3 is 10.9 Å². The van der Waals surface area contributed by atoms with Crippen molar-refractivity contribution in [3.05, 3.63) is 35.4 Å². The highest BCUT2D eigenvalue weighted by Crippen LogP contribution is 2.06. The standard InChI is InChI=1S/C8H11N3O3S/c9-8(11-12)7-3-1-6(2-4-7)5-15(10,13)14/h1-4,12H,5H2,(H2,9,11)(H2,10,13,14). The minimum atomic E-state index is -3.53. The van der Waals surface area contributed by atoms with Gasteiger partial charge in [-0.2, -0.15) is 0 Å². The summed E-state index contributed by atoms with van der Waals surface area (Å²) in [4.78, 5) is 0. The van der Waals surface area contributed by atoms with E-state index in [0.29, 0.717) is 11.1 Å². The molecule has 0 saturated heterocycles. The number of primary sulfonamides is 1. The Hall–Kier alpha value is -1.60. The molecular weight excluding hydrogens is 218 g/mol. The molecule has 15 heavy (non-hydrogen) atoms. The molecular formula is C8H11N3O3S. The lowest BCUT2D eigenvalue weighted by molar-refractivity contribution is 0.318. The number of oxime groups is 1. The molecule has 0 fully saturated rings. The van der Waals surface area contributed by atoms with Gasteiger partial charge in [-0.25, -0.2) is 13.6 Å². The minimum Gasteiger partial charge on any atom is -0.409 e. The highest BCUT2D eigenvalue weighted by atomic mass is 32.2. The molecule has 0 amide bonds. The van der Waals surface area contributed by atoms with Gasteiger partial charge >= 0.3 is 0 Å². The van der Waals surface area contributed by atoms with E-state index in [1.807, 2.05) is 0 Å². The number of rotatable bonds is 3. The first-order valence-corrected chi connectivity index (χ1v) is 5.71. The minimum absolute atomic E-state index is 0.0304. The van der Waals surface area contributed by atoms with Gasteiger partial charge in [-0.1, -0.05) is 29.4 Å². The van der Waals surface area contributed by atoms with Crippen LogP contribution in [0.4, 0.5) is 0 Å². The summed E-state index contributed by atoms with van der Waals surface area (Å²) >= 11 is 0. The molecule has 0 spiro atoms. The Labute approximate surface area is 87.2 Å². The van der Waals surface area contributed by atoms with E-state index in [1.54, 1.807) is 24.3 Å². The maximum absolute atomic E-state index is 10.8. The number of amidine groups is 1. The van der Waals surface area contributed by atoms with Gasteiger partial charge in [-0.05, 0) is 5.56 Å². The fraction of sp³-hybridized carbons (Fsp3) is 0.125. The Morgan fingerprint density at radius 3 is 2.27 bits per heavy atom. The van der Waals surface area contributed by atoms with Crippen LogP contribution in [0.5, 0.6) is 0 Å². The van der Waals surface area contributed by atoms with Crippen molar-refractivity contribution in [2.24, 2.45) is 16.0 Å². The molecule has 0 bridgehead atoms. The van der Waals surface area contributed by atoms with Crippen molar-refractivity contribution in [1.29, 1.82) is 0 Å². The number of benzene rings is 1. The molecule has 5 N–H and O–H groups in total. The van der Waals surface area contributed by atoms with Crippen LogP contribution in [0.1, 0.15) is 11.1 Å². The third-order valence-electron chi connectivity index (χ3n) is 1.73. The number of sulfonamides is 1. The Balaban J connectivity index is 2.91. The van der Waals surface area contributed by atoms with Crippen LogP contribution in [0.15, 0.2) is 29.4 Å². The van der Waals surface area contributed by atoms with Crippen molar-refractivity contribution >= 4 is 15.9 Å². The molecule has 0 heterocycles. The number of nitrogens with zero attached hydrogens (tertiary/aromatic N) is 1. The largest absolute Gasteiger partial charge is 0.409 e. The van der Waals surface area contributed by atoms with E-state index < -0.39 is 10.0 Å². The third kappa shape index (κ3) is 3.56. The van der Waals surface area contributed by atoms with Crippen molar-refractivity contribution in [2.75, 3.05) is 0 Å². The third-order valence-corrected chi connectivity index (χ3v) is 2.46. The summed E-state index contributed by atoms with van der Waals surface area (Å²) in [7, 11) is -3.53. The Morgan fingerprint density at radius 1 is 1.33 bits per heavy atom. The fourth-order valence-corrected chi connectivity index (χ4v) is 1.72. The topological polar surface area (TPSA) is 119 Å². The Kier molecular flexibility index (Phi) is 3.28. The number of nitrogens with two attached hydrogens (primary N) is 2. The second kappa shape index (κ2) is 4.28. The smallest absolute Gasteiger partial charge is 0.213 e. The average Bonchev–Trinajstić information content (AvgIpc) is 2.15.